The molecule has 34 heavy (non-hydrogen) atoms. The van der Waals surface area contributed by atoms with Crippen LogP contribution in [0.15, 0.2) is 65.4 Å². The van der Waals surface area contributed by atoms with Gasteiger partial charge in [0.1, 0.15) is 6.10 Å². The molecule has 2 bridgehead atoms. The van der Waals surface area contributed by atoms with Gasteiger partial charge < -0.3 is 14.3 Å². The van der Waals surface area contributed by atoms with Crippen molar-refractivity contribution in [2.45, 2.75) is 49.9 Å². The molecule has 2 unspecified atom stereocenters. The number of nitrogens with zero attached hydrogens (tertiary/aromatic N) is 1. The highest BCUT2D eigenvalue weighted by Crippen LogP contribution is 2.50. The van der Waals surface area contributed by atoms with Crippen LogP contribution in [0.25, 0.3) is 0 Å². The summed E-state index contributed by atoms with van der Waals surface area (Å²) in [4.78, 5) is 14.8. The Morgan fingerprint density at radius 3 is 2.32 bits per heavy atom. The van der Waals surface area contributed by atoms with Crippen LogP contribution in [0.4, 0.5) is 0 Å². The molecule has 2 aromatic heterocycles. The van der Waals surface area contributed by atoms with E-state index in [1.54, 1.807) is 0 Å². The van der Waals surface area contributed by atoms with Crippen LogP contribution in [-0.4, -0.2) is 48.3 Å². The number of carbonyl (C=O) groups excluding carboxylic acids is 1. The summed E-state index contributed by atoms with van der Waals surface area (Å²) in [6, 6.07) is 18.6. The van der Waals surface area contributed by atoms with Crippen LogP contribution >= 0.6 is 22.7 Å². The number of hydrogen-bond donors (Lipinski definition) is 1. The molecule has 2 aliphatic rings. The largest absolute Gasteiger partial charge is 0.459 e. The summed E-state index contributed by atoms with van der Waals surface area (Å²) < 4.78 is 7.19. The minimum Gasteiger partial charge on any atom is -0.459 e. The molecule has 180 valence electrons. The average molecular weight is 497 g/mol. The highest BCUT2D eigenvalue weighted by Gasteiger charge is 2.57. The molecule has 0 amide bonds. The van der Waals surface area contributed by atoms with Gasteiger partial charge in [0.15, 0.2) is 0 Å². The first-order valence-electron chi connectivity index (χ1n) is 12.3. The summed E-state index contributed by atoms with van der Waals surface area (Å²) in [5.74, 6) is 0.229. The van der Waals surface area contributed by atoms with Crippen molar-refractivity contribution in [2.75, 3.05) is 20.6 Å². The maximum Gasteiger partial charge on any atom is 0.349 e. The quantitative estimate of drug-likeness (QED) is 0.316. The summed E-state index contributed by atoms with van der Waals surface area (Å²) in [6.07, 6.45) is 5.44. The Morgan fingerprint density at radius 2 is 1.71 bits per heavy atom. The lowest BCUT2D eigenvalue weighted by molar-refractivity contribution is -0.918. The van der Waals surface area contributed by atoms with Crippen LogP contribution in [0, 0.1) is 11.8 Å². The fourth-order valence-corrected chi connectivity index (χ4v) is 7.94. The lowest BCUT2D eigenvalue weighted by atomic mass is 9.92. The molecule has 4 atom stereocenters. The second kappa shape index (κ2) is 9.57. The van der Waals surface area contributed by atoms with Crippen LogP contribution in [-0.2, 0) is 21.6 Å². The zero-order chi connectivity index (χ0) is 23.8. The molecule has 0 spiro atoms. The molecule has 4 nitrogen and oxygen atoms in total. The second-order valence-electron chi connectivity index (χ2n) is 10.4. The molecule has 2 aliphatic carbocycles. The zero-order valence-electron chi connectivity index (χ0n) is 19.9. The van der Waals surface area contributed by atoms with E-state index in [9.17, 15) is 9.90 Å². The Morgan fingerprint density at radius 1 is 1.03 bits per heavy atom. The number of esters is 1. The third kappa shape index (κ3) is 4.37. The third-order valence-corrected chi connectivity index (χ3v) is 9.99. The molecule has 0 saturated heterocycles. The van der Waals surface area contributed by atoms with E-state index in [0.717, 1.165) is 43.1 Å². The Hall–Kier alpha value is -1.99. The summed E-state index contributed by atoms with van der Waals surface area (Å²) in [5, 5.41) is 15.4. The van der Waals surface area contributed by atoms with Crippen molar-refractivity contribution in [3.8, 4) is 0 Å². The Bertz CT molecular complexity index is 1040. The maximum atomic E-state index is 13.6. The second-order valence-corrected chi connectivity index (χ2v) is 12.3. The van der Waals surface area contributed by atoms with Crippen LogP contribution in [0.1, 0.15) is 41.0 Å². The average Bonchev–Trinajstić information content (AvgIpc) is 3.65. The summed E-state index contributed by atoms with van der Waals surface area (Å²) >= 11 is 2.79. The van der Waals surface area contributed by atoms with E-state index < -0.39 is 11.6 Å². The van der Waals surface area contributed by atoms with E-state index in [-0.39, 0.29) is 6.10 Å². The number of quaternary nitrogens is 1. The summed E-state index contributed by atoms with van der Waals surface area (Å²) in [6.45, 7) is 1.11. The van der Waals surface area contributed by atoms with Crippen molar-refractivity contribution in [1.82, 2.24) is 0 Å². The van der Waals surface area contributed by atoms with Gasteiger partial charge in [0, 0.05) is 24.7 Å². The van der Waals surface area contributed by atoms with Crippen molar-refractivity contribution < 1.29 is 19.1 Å². The molecule has 0 radical (unpaired) electrons. The molecule has 0 aliphatic heterocycles. The number of aryl methyl sites for hydroxylation is 1. The smallest absolute Gasteiger partial charge is 0.349 e. The minimum absolute atomic E-state index is 0.101. The van der Waals surface area contributed by atoms with Crippen LogP contribution in [0.5, 0.6) is 0 Å². The molecule has 2 saturated carbocycles. The van der Waals surface area contributed by atoms with Gasteiger partial charge in [-0.05, 0) is 47.7 Å². The first-order valence-corrected chi connectivity index (χ1v) is 14.0. The first kappa shape index (κ1) is 23.7. The summed E-state index contributed by atoms with van der Waals surface area (Å²) in [5.41, 5.74) is -0.330. The van der Waals surface area contributed by atoms with Crippen LogP contribution in [0.2, 0.25) is 0 Å². The molecular formula is C28H34NO3S2+. The predicted octanol–water partition coefficient (Wildman–Crippen LogP) is 5.47. The Kier molecular flexibility index (Phi) is 6.68. The van der Waals surface area contributed by atoms with Gasteiger partial charge in [0.05, 0.1) is 36.4 Å². The van der Waals surface area contributed by atoms with Gasteiger partial charge in [0.25, 0.3) is 0 Å². The van der Waals surface area contributed by atoms with Gasteiger partial charge in [-0.3, -0.25) is 0 Å². The molecule has 1 N–H and O–H groups in total. The molecule has 3 aromatic rings. The SMILES string of the molecule is C[N+](C)(CCCc1ccccc1)[C@H]1CC2CC[C@@H]1C2OC(=O)C(O)(c1cccs1)c1cccs1. The van der Waals surface area contributed by atoms with Crippen molar-refractivity contribution in [2.24, 2.45) is 11.8 Å². The van der Waals surface area contributed by atoms with Crippen molar-refractivity contribution in [3.63, 3.8) is 0 Å². The first-order chi connectivity index (χ1) is 16.4. The topological polar surface area (TPSA) is 46.5 Å². The van der Waals surface area contributed by atoms with Gasteiger partial charge in [0.2, 0.25) is 5.60 Å². The lowest BCUT2D eigenvalue weighted by Crippen LogP contribution is -2.52. The number of fused-ring (bicyclic) bond motifs is 2. The number of hydrogen-bond acceptors (Lipinski definition) is 5. The standard InChI is InChI=1S/C28H34NO3S2/c1-29(2,16-6-11-20-9-4-3-5-10-20)23-19-21-14-15-22(23)26(21)32-27(30)28(31,24-12-7-17-33-24)25-13-8-18-34-25/h3-5,7-10,12-13,17-18,21-23,26,31H,6,11,14-16,19H2,1-2H3/q+1/t21?,22-,23-,26?/m0/s1. The van der Waals surface area contributed by atoms with Crippen molar-refractivity contribution in [3.05, 3.63) is 80.7 Å². The van der Waals surface area contributed by atoms with Gasteiger partial charge >= 0.3 is 5.97 Å². The number of rotatable bonds is 9. The minimum atomic E-state index is -1.72. The molecular weight excluding hydrogens is 462 g/mol. The van der Waals surface area contributed by atoms with E-state index in [1.807, 2.05) is 35.0 Å². The number of ether oxygens (including phenoxy) is 1. The van der Waals surface area contributed by atoms with E-state index in [2.05, 4.69) is 44.4 Å². The summed E-state index contributed by atoms with van der Waals surface area (Å²) in [7, 11) is 4.67. The molecule has 2 heterocycles. The fourth-order valence-electron chi connectivity index (χ4n) is 6.22. The fraction of sp³-hybridized carbons (Fsp3) is 0.464. The van der Waals surface area contributed by atoms with Gasteiger partial charge in [-0.15, -0.1) is 22.7 Å². The number of thiophene rings is 2. The van der Waals surface area contributed by atoms with Gasteiger partial charge in [-0.25, -0.2) is 4.79 Å². The highest BCUT2D eigenvalue weighted by atomic mass is 32.1. The number of benzene rings is 1. The number of carbonyl (C=O) groups is 1. The molecule has 6 heteroatoms. The van der Waals surface area contributed by atoms with E-state index in [1.165, 1.54) is 28.2 Å². The van der Waals surface area contributed by atoms with Crippen LogP contribution < -0.4 is 0 Å². The van der Waals surface area contributed by atoms with Crippen molar-refractivity contribution >= 4 is 28.6 Å². The maximum absolute atomic E-state index is 13.6. The molecule has 1 aromatic carbocycles. The Balaban J connectivity index is 1.28. The number of aliphatic hydroxyl groups is 1. The van der Waals surface area contributed by atoms with Gasteiger partial charge in [-0.1, -0.05) is 42.5 Å². The zero-order valence-corrected chi connectivity index (χ0v) is 21.6. The molecule has 5 rings (SSSR count). The predicted molar refractivity (Wildman–Crippen MR) is 138 cm³/mol. The van der Waals surface area contributed by atoms with Crippen molar-refractivity contribution in [1.29, 1.82) is 0 Å². The van der Waals surface area contributed by atoms with Crippen LogP contribution in [0.3, 0.4) is 0 Å². The Labute approximate surface area is 210 Å². The van der Waals surface area contributed by atoms with E-state index in [0.29, 0.717) is 27.6 Å². The van der Waals surface area contributed by atoms with E-state index >= 15 is 0 Å². The normalized spacial score (nSPS) is 24.4. The van der Waals surface area contributed by atoms with E-state index in [4.69, 9.17) is 4.74 Å². The molecule has 2 fully saturated rings. The monoisotopic (exact) mass is 496 g/mol. The van der Waals surface area contributed by atoms with Gasteiger partial charge in [-0.2, -0.15) is 0 Å². The highest BCUT2D eigenvalue weighted by molar-refractivity contribution is 7.12. The lowest BCUT2D eigenvalue weighted by Gasteiger charge is -2.40. The third-order valence-electron chi connectivity index (χ3n) is 8.03.